The number of carbonyl (C=O) groups excluding carboxylic acids is 1. The third-order valence-electron chi connectivity index (χ3n) is 4.50. The number of amides is 2. The molecule has 5 heteroatoms. The van der Waals surface area contributed by atoms with E-state index in [0.29, 0.717) is 17.3 Å². The Kier molecular flexibility index (Phi) is 5.40. The molecule has 2 rings (SSSR count). The minimum Gasteiger partial charge on any atom is -0.325 e. The van der Waals surface area contributed by atoms with Crippen molar-refractivity contribution in [1.29, 1.82) is 5.26 Å². The fraction of sp³-hybridized carbons (Fsp3) is 0.529. The van der Waals surface area contributed by atoms with Gasteiger partial charge in [-0.15, -0.1) is 0 Å². The maximum absolute atomic E-state index is 12.4. The number of likely N-dealkylation sites (tertiary alicyclic amines) is 1. The molecular formula is C17H24N4O. The Morgan fingerprint density at radius 2 is 2.32 bits per heavy atom. The molecule has 1 aliphatic heterocycles. The molecule has 2 amide bonds. The Labute approximate surface area is 132 Å². The van der Waals surface area contributed by atoms with Gasteiger partial charge in [0.15, 0.2) is 0 Å². The van der Waals surface area contributed by atoms with Crippen molar-refractivity contribution in [2.45, 2.75) is 38.8 Å². The number of anilines is 1. The highest BCUT2D eigenvalue weighted by Gasteiger charge is 2.29. The van der Waals surface area contributed by atoms with Gasteiger partial charge >= 0.3 is 6.03 Å². The number of nitrogens with one attached hydrogen (secondary N) is 1. The number of hydrogen-bond donors (Lipinski definition) is 1. The molecule has 0 spiro atoms. The second-order valence-corrected chi connectivity index (χ2v) is 5.89. The van der Waals surface area contributed by atoms with E-state index in [0.717, 1.165) is 25.9 Å². The zero-order valence-electron chi connectivity index (χ0n) is 13.5. The predicted molar refractivity (Wildman–Crippen MR) is 87.7 cm³/mol. The Balaban J connectivity index is 1.96. The summed E-state index contributed by atoms with van der Waals surface area (Å²) in [5.41, 5.74) is 1.21. The summed E-state index contributed by atoms with van der Waals surface area (Å²) in [6, 6.07) is 9.71. The van der Waals surface area contributed by atoms with Crippen LogP contribution in [-0.4, -0.2) is 48.1 Å². The first kappa shape index (κ1) is 16.3. The molecule has 5 nitrogen and oxygen atoms in total. The number of carbonyl (C=O) groups is 1. The quantitative estimate of drug-likeness (QED) is 0.933. The molecule has 1 aromatic carbocycles. The van der Waals surface area contributed by atoms with Crippen LogP contribution in [0.15, 0.2) is 24.3 Å². The molecule has 1 fully saturated rings. The number of piperidine rings is 1. The first-order valence-electron chi connectivity index (χ1n) is 7.83. The molecule has 1 saturated heterocycles. The van der Waals surface area contributed by atoms with Gasteiger partial charge in [-0.1, -0.05) is 13.0 Å². The van der Waals surface area contributed by atoms with Crippen LogP contribution in [0.1, 0.15) is 32.3 Å². The standard InChI is InChI=1S/C17H24N4O/c1-4-21-9-8-16(10-13(21)2)20(3)17(22)19-15-7-5-6-14(11-15)12-18/h5-7,11,13,16H,4,8-10H2,1-3H3,(H,19,22)/t13-,16+/m1/s1. The smallest absolute Gasteiger partial charge is 0.321 e. The summed E-state index contributed by atoms with van der Waals surface area (Å²) in [6.07, 6.45) is 2.00. The van der Waals surface area contributed by atoms with Crippen LogP contribution < -0.4 is 5.32 Å². The molecule has 0 radical (unpaired) electrons. The molecule has 0 unspecified atom stereocenters. The topological polar surface area (TPSA) is 59.4 Å². The molecule has 0 aromatic heterocycles. The van der Waals surface area contributed by atoms with Crippen molar-refractivity contribution < 1.29 is 4.79 Å². The lowest BCUT2D eigenvalue weighted by Crippen LogP contribution is -2.50. The molecule has 1 heterocycles. The number of nitriles is 1. The summed E-state index contributed by atoms with van der Waals surface area (Å²) in [5, 5.41) is 11.8. The van der Waals surface area contributed by atoms with Gasteiger partial charge < -0.3 is 15.1 Å². The molecule has 0 aliphatic carbocycles. The first-order chi connectivity index (χ1) is 10.5. The molecule has 0 saturated carbocycles. The van der Waals surface area contributed by atoms with Crippen molar-refractivity contribution in [1.82, 2.24) is 9.80 Å². The first-order valence-corrected chi connectivity index (χ1v) is 7.83. The molecule has 22 heavy (non-hydrogen) atoms. The predicted octanol–water partition coefficient (Wildman–Crippen LogP) is 2.89. The Morgan fingerprint density at radius 3 is 2.95 bits per heavy atom. The van der Waals surface area contributed by atoms with E-state index in [1.165, 1.54) is 0 Å². The van der Waals surface area contributed by atoms with E-state index in [2.05, 4.69) is 30.1 Å². The molecule has 0 bridgehead atoms. The van der Waals surface area contributed by atoms with Crippen LogP contribution in [-0.2, 0) is 0 Å². The van der Waals surface area contributed by atoms with Crippen molar-refractivity contribution in [3.8, 4) is 6.07 Å². The highest BCUT2D eigenvalue weighted by atomic mass is 16.2. The van der Waals surface area contributed by atoms with Crippen LogP contribution >= 0.6 is 0 Å². The van der Waals surface area contributed by atoms with Crippen LogP contribution in [0.2, 0.25) is 0 Å². The van der Waals surface area contributed by atoms with Gasteiger partial charge in [-0.25, -0.2) is 4.79 Å². The minimum atomic E-state index is -0.114. The van der Waals surface area contributed by atoms with E-state index in [-0.39, 0.29) is 12.1 Å². The fourth-order valence-electron chi connectivity index (χ4n) is 3.06. The molecule has 2 atom stereocenters. The van der Waals surface area contributed by atoms with E-state index in [4.69, 9.17) is 5.26 Å². The maximum atomic E-state index is 12.4. The van der Waals surface area contributed by atoms with Crippen LogP contribution in [0, 0.1) is 11.3 Å². The van der Waals surface area contributed by atoms with E-state index in [1.54, 1.807) is 29.2 Å². The van der Waals surface area contributed by atoms with Gasteiger partial charge in [0.1, 0.15) is 0 Å². The Morgan fingerprint density at radius 1 is 1.55 bits per heavy atom. The van der Waals surface area contributed by atoms with Crippen molar-refractivity contribution in [2.24, 2.45) is 0 Å². The van der Waals surface area contributed by atoms with E-state index >= 15 is 0 Å². The van der Waals surface area contributed by atoms with Gasteiger partial charge in [0.25, 0.3) is 0 Å². The zero-order valence-corrected chi connectivity index (χ0v) is 13.5. The summed E-state index contributed by atoms with van der Waals surface area (Å²) in [4.78, 5) is 16.6. The van der Waals surface area contributed by atoms with Gasteiger partial charge in [-0.2, -0.15) is 5.26 Å². The minimum absolute atomic E-state index is 0.114. The zero-order chi connectivity index (χ0) is 16.1. The van der Waals surface area contributed by atoms with Gasteiger partial charge in [0, 0.05) is 31.4 Å². The lowest BCUT2D eigenvalue weighted by atomic mass is 9.97. The summed E-state index contributed by atoms with van der Waals surface area (Å²) >= 11 is 0. The van der Waals surface area contributed by atoms with Crippen molar-refractivity contribution in [2.75, 3.05) is 25.5 Å². The molecule has 1 aromatic rings. The monoisotopic (exact) mass is 300 g/mol. The van der Waals surface area contributed by atoms with Crippen LogP contribution in [0.25, 0.3) is 0 Å². The second-order valence-electron chi connectivity index (χ2n) is 5.89. The number of nitrogens with zero attached hydrogens (tertiary/aromatic N) is 3. The number of hydrogen-bond acceptors (Lipinski definition) is 3. The molecule has 1 aliphatic rings. The maximum Gasteiger partial charge on any atom is 0.321 e. The Hall–Kier alpha value is -2.06. The third-order valence-corrected chi connectivity index (χ3v) is 4.50. The second kappa shape index (κ2) is 7.28. The average molecular weight is 300 g/mol. The normalized spacial score (nSPS) is 21.9. The van der Waals surface area contributed by atoms with Gasteiger partial charge in [0.05, 0.1) is 11.6 Å². The SMILES string of the molecule is CCN1CC[C@H](N(C)C(=O)Nc2cccc(C#N)c2)C[C@H]1C. The summed E-state index contributed by atoms with van der Waals surface area (Å²) < 4.78 is 0. The lowest BCUT2D eigenvalue weighted by molar-refractivity contribution is 0.104. The van der Waals surface area contributed by atoms with Crippen LogP contribution in [0.3, 0.4) is 0 Å². The molecule has 1 N–H and O–H groups in total. The largest absolute Gasteiger partial charge is 0.325 e. The molecular weight excluding hydrogens is 276 g/mol. The third kappa shape index (κ3) is 3.77. The van der Waals surface area contributed by atoms with Gasteiger partial charge in [-0.05, 0) is 44.5 Å². The highest BCUT2D eigenvalue weighted by molar-refractivity contribution is 5.89. The van der Waals surface area contributed by atoms with E-state index < -0.39 is 0 Å². The van der Waals surface area contributed by atoms with E-state index in [9.17, 15) is 4.79 Å². The number of rotatable bonds is 3. The molecule has 118 valence electrons. The van der Waals surface area contributed by atoms with Crippen molar-refractivity contribution in [3.63, 3.8) is 0 Å². The van der Waals surface area contributed by atoms with E-state index in [1.807, 2.05) is 7.05 Å². The fourth-order valence-corrected chi connectivity index (χ4v) is 3.06. The van der Waals surface area contributed by atoms with Crippen molar-refractivity contribution >= 4 is 11.7 Å². The average Bonchev–Trinajstić information content (AvgIpc) is 2.54. The van der Waals surface area contributed by atoms with Gasteiger partial charge in [0.2, 0.25) is 0 Å². The summed E-state index contributed by atoms with van der Waals surface area (Å²) in [5.74, 6) is 0. The highest BCUT2D eigenvalue weighted by Crippen LogP contribution is 2.21. The summed E-state index contributed by atoms with van der Waals surface area (Å²) in [7, 11) is 1.85. The van der Waals surface area contributed by atoms with Crippen LogP contribution in [0.4, 0.5) is 10.5 Å². The lowest BCUT2D eigenvalue weighted by Gasteiger charge is -2.40. The number of urea groups is 1. The Bertz CT molecular complexity index is 566. The number of benzene rings is 1. The summed E-state index contributed by atoms with van der Waals surface area (Å²) in [6.45, 7) is 6.49. The van der Waals surface area contributed by atoms with Crippen LogP contribution in [0.5, 0.6) is 0 Å². The van der Waals surface area contributed by atoms with Crippen molar-refractivity contribution in [3.05, 3.63) is 29.8 Å². The van der Waals surface area contributed by atoms with Gasteiger partial charge in [-0.3, -0.25) is 0 Å².